The number of hydrogen-bond donors (Lipinski definition) is 0. The van der Waals surface area contributed by atoms with Crippen molar-refractivity contribution in [2.24, 2.45) is 5.41 Å². The molecule has 0 radical (unpaired) electrons. The Bertz CT molecular complexity index is 707. The molecule has 0 N–H and O–H groups in total. The van der Waals surface area contributed by atoms with Crippen LogP contribution in [0.5, 0.6) is 5.75 Å². The lowest BCUT2D eigenvalue weighted by Crippen LogP contribution is -2.55. The molecule has 0 bridgehead atoms. The number of piperidine rings is 1. The standard InChI is InChI=1S/C26H41F3N2O/c1-4-5-6-8-14-25(2,3)24(21-11-10-13-23(18-21)32-26(27,28)29)20-30-16-17-31-15-9-7-12-22(31)19-30/h10-11,13,18,22,24H,4-9,12,14-17,19-20H2,1-3H3. The van der Waals surface area contributed by atoms with Crippen LogP contribution in [-0.2, 0) is 0 Å². The van der Waals surface area contributed by atoms with Crippen LogP contribution in [0.25, 0.3) is 0 Å². The van der Waals surface area contributed by atoms with Crippen molar-refractivity contribution in [3.63, 3.8) is 0 Å². The number of alkyl halides is 3. The molecule has 182 valence electrons. The Balaban J connectivity index is 1.77. The number of unbranched alkanes of at least 4 members (excludes halogenated alkanes) is 3. The molecule has 2 heterocycles. The molecule has 3 nitrogen and oxygen atoms in total. The zero-order chi connectivity index (χ0) is 23.2. The second kappa shape index (κ2) is 11.2. The Labute approximate surface area is 192 Å². The van der Waals surface area contributed by atoms with Gasteiger partial charge in [0.2, 0.25) is 0 Å². The van der Waals surface area contributed by atoms with Gasteiger partial charge >= 0.3 is 6.36 Å². The van der Waals surface area contributed by atoms with Gasteiger partial charge in [0.15, 0.2) is 0 Å². The van der Waals surface area contributed by atoms with Crippen LogP contribution in [0.2, 0.25) is 0 Å². The monoisotopic (exact) mass is 454 g/mol. The molecule has 0 aromatic heterocycles. The van der Waals surface area contributed by atoms with Gasteiger partial charge in [0, 0.05) is 38.1 Å². The molecule has 2 aliphatic heterocycles. The first kappa shape index (κ1) is 25.4. The smallest absolute Gasteiger partial charge is 0.406 e. The number of nitrogens with zero attached hydrogens (tertiary/aromatic N) is 2. The van der Waals surface area contributed by atoms with Gasteiger partial charge in [0.25, 0.3) is 0 Å². The van der Waals surface area contributed by atoms with Crippen molar-refractivity contribution in [1.82, 2.24) is 9.80 Å². The second-order valence-corrected chi connectivity index (χ2v) is 10.4. The minimum Gasteiger partial charge on any atom is -0.406 e. The fourth-order valence-corrected chi connectivity index (χ4v) is 5.56. The molecule has 2 unspecified atom stereocenters. The lowest BCUT2D eigenvalue weighted by molar-refractivity contribution is -0.274. The highest BCUT2D eigenvalue weighted by molar-refractivity contribution is 5.32. The van der Waals surface area contributed by atoms with E-state index in [-0.39, 0.29) is 17.1 Å². The average molecular weight is 455 g/mol. The molecule has 2 saturated heterocycles. The lowest BCUT2D eigenvalue weighted by atomic mass is 9.71. The summed E-state index contributed by atoms with van der Waals surface area (Å²) >= 11 is 0. The highest BCUT2D eigenvalue weighted by atomic mass is 19.4. The minimum atomic E-state index is -4.67. The summed E-state index contributed by atoms with van der Waals surface area (Å²) in [5.41, 5.74) is 0.951. The molecule has 2 fully saturated rings. The summed E-state index contributed by atoms with van der Waals surface area (Å²) in [5.74, 6) is 0.0509. The highest BCUT2D eigenvalue weighted by Crippen LogP contribution is 2.42. The van der Waals surface area contributed by atoms with Gasteiger partial charge in [0.05, 0.1) is 0 Å². The van der Waals surface area contributed by atoms with Gasteiger partial charge in [-0.05, 0) is 48.9 Å². The molecular formula is C26H41F3N2O. The predicted molar refractivity (Wildman–Crippen MR) is 124 cm³/mol. The van der Waals surface area contributed by atoms with E-state index in [0.29, 0.717) is 6.04 Å². The maximum atomic E-state index is 12.8. The summed E-state index contributed by atoms with van der Waals surface area (Å²) in [7, 11) is 0. The maximum Gasteiger partial charge on any atom is 0.573 e. The first-order valence-electron chi connectivity index (χ1n) is 12.5. The van der Waals surface area contributed by atoms with Gasteiger partial charge in [-0.2, -0.15) is 0 Å². The van der Waals surface area contributed by atoms with Gasteiger partial charge in [-0.3, -0.25) is 9.80 Å². The zero-order valence-corrected chi connectivity index (χ0v) is 20.1. The van der Waals surface area contributed by atoms with E-state index in [1.165, 1.54) is 51.1 Å². The van der Waals surface area contributed by atoms with Crippen molar-refractivity contribution in [3.05, 3.63) is 29.8 Å². The van der Waals surface area contributed by atoms with E-state index >= 15 is 0 Å². The minimum absolute atomic E-state index is 0.00566. The van der Waals surface area contributed by atoms with Crippen LogP contribution in [-0.4, -0.2) is 54.9 Å². The third-order valence-corrected chi connectivity index (χ3v) is 7.47. The molecule has 0 amide bonds. The number of benzene rings is 1. The summed E-state index contributed by atoms with van der Waals surface area (Å²) in [6.45, 7) is 12.1. The number of fused-ring (bicyclic) bond motifs is 1. The quantitative estimate of drug-likeness (QED) is 0.360. The van der Waals surface area contributed by atoms with Crippen LogP contribution in [0.3, 0.4) is 0 Å². The topological polar surface area (TPSA) is 15.7 Å². The van der Waals surface area contributed by atoms with Crippen LogP contribution in [0, 0.1) is 5.41 Å². The van der Waals surface area contributed by atoms with Crippen LogP contribution in [0.4, 0.5) is 13.2 Å². The summed E-state index contributed by atoms with van der Waals surface area (Å²) in [5, 5.41) is 0. The fraction of sp³-hybridized carbons (Fsp3) is 0.769. The van der Waals surface area contributed by atoms with Gasteiger partial charge in [0.1, 0.15) is 5.75 Å². The van der Waals surface area contributed by atoms with Crippen LogP contribution in [0.15, 0.2) is 24.3 Å². The van der Waals surface area contributed by atoms with Crippen molar-refractivity contribution >= 4 is 0 Å². The summed E-state index contributed by atoms with van der Waals surface area (Å²) in [6, 6.07) is 7.34. The van der Waals surface area contributed by atoms with Crippen molar-refractivity contribution in [1.29, 1.82) is 0 Å². The fourth-order valence-electron chi connectivity index (χ4n) is 5.56. The number of ether oxygens (including phenoxy) is 1. The molecule has 0 spiro atoms. The normalized spacial score (nSPS) is 21.9. The largest absolute Gasteiger partial charge is 0.573 e. The number of piperazine rings is 1. The molecule has 32 heavy (non-hydrogen) atoms. The van der Waals surface area contributed by atoms with Crippen molar-refractivity contribution < 1.29 is 17.9 Å². The lowest BCUT2D eigenvalue weighted by Gasteiger charge is -2.46. The Morgan fingerprint density at radius 3 is 2.62 bits per heavy atom. The SMILES string of the molecule is CCCCCCC(C)(C)C(CN1CCN2CCCCC2C1)c1cccc(OC(F)(F)F)c1. The molecule has 6 heteroatoms. The van der Waals surface area contributed by atoms with E-state index in [0.717, 1.165) is 44.6 Å². The number of rotatable bonds is 10. The molecule has 0 saturated carbocycles. The van der Waals surface area contributed by atoms with E-state index in [1.807, 2.05) is 6.07 Å². The average Bonchev–Trinajstić information content (AvgIpc) is 2.74. The zero-order valence-electron chi connectivity index (χ0n) is 20.1. The number of halogens is 3. The molecule has 0 aliphatic carbocycles. The van der Waals surface area contributed by atoms with Gasteiger partial charge in [-0.25, -0.2) is 0 Å². The molecule has 3 rings (SSSR count). The molecule has 2 atom stereocenters. The first-order chi connectivity index (χ1) is 15.2. The van der Waals surface area contributed by atoms with Crippen molar-refractivity contribution in [2.45, 2.75) is 90.5 Å². The molecule has 1 aromatic carbocycles. The van der Waals surface area contributed by atoms with Gasteiger partial charge < -0.3 is 4.74 Å². The van der Waals surface area contributed by atoms with Crippen LogP contribution in [0.1, 0.15) is 83.6 Å². The van der Waals surface area contributed by atoms with Gasteiger partial charge in [-0.15, -0.1) is 13.2 Å². The highest BCUT2D eigenvalue weighted by Gasteiger charge is 2.36. The Kier molecular flexibility index (Phi) is 8.90. The Morgan fingerprint density at radius 1 is 1.06 bits per heavy atom. The molecule has 1 aromatic rings. The second-order valence-electron chi connectivity index (χ2n) is 10.4. The van der Waals surface area contributed by atoms with E-state index in [1.54, 1.807) is 12.1 Å². The van der Waals surface area contributed by atoms with E-state index in [9.17, 15) is 13.2 Å². The summed E-state index contributed by atoms with van der Waals surface area (Å²) in [4.78, 5) is 5.19. The van der Waals surface area contributed by atoms with Crippen molar-refractivity contribution in [2.75, 3.05) is 32.7 Å². The predicted octanol–water partition coefficient (Wildman–Crippen LogP) is 6.84. The summed E-state index contributed by atoms with van der Waals surface area (Å²) in [6.07, 6.45) is 5.08. The third-order valence-electron chi connectivity index (χ3n) is 7.47. The van der Waals surface area contributed by atoms with E-state index in [4.69, 9.17) is 0 Å². The Hall–Kier alpha value is -1.27. The van der Waals surface area contributed by atoms with E-state index in [2.05, 4.69) is 35.3 Å². The maximum absolute atomic E-state index is 12.8. The van der Waals surface area contributed by atoms with Gasteiger partial charge in [-0.1, -0.05) is 65.0 Å². The summed E-state index contributed by atoms with van der Waals surface area (Å²) < 4.78 is 42.8. The molecular weight excluding hydrogens is 413 g/mol. The van der Waals surface area contributed by atoms with Crippen molar-refractivity contribution in [3.8, 4) is 5.75 Å². The number of hydrogen-bond acceptors (Lipinski definition) is 3. The molecule has 2 aliphatic rings. The van der Waals surface area contributed by atoms with Crippen LogP contribution >= 0.6 is 0 Å². The van der Waals surface area contributed by atoms with E-state index < -0.39 is 6.36 Å². The first-order valence-corrected chi connectivity index (χ1v) is 12.5. The van der Waals surface area contributed by atoms with Crippen LogP contribution < -0.4 is 4.74 Å². The Morgan fingerprint density at radius 2 is 1.88 bits per heavy atom. The third kappa shape index (κ3) is 7.38.